The number of hydrogen-bond acceptors (Lipinski definition) is 6. The molecule has 0 unspecified atom stereocenters. The third-order valence-corrected chi connectivity index (χ3v) is 5.90. The highest BCUT2D eigenvalue weighted by Crippen LogP contribution is 2.40. The van der Waals surface area contributed by atoms with Crippen LogP contribution < -0.4 is 10.2 Å². The van der Waals surface area contributed by atoms with Gasteiger partial charge in [-0.25, -0.2) is 10.2 Å². The Hall–Kier alpha value is -3.07. The Morgan fingerprint density at radius 2 is 1.84 bits per heavy atom. The highest BCUT2D eigenvalue weighted by atomic mass is 35.5. The van der Waals surface area contributed by atoms with Gasteiger partial charge in [-0.15, -0.1) is 11.3 Å². The minimum atomic E-state index is -1.09. The highest BCUT2D eigenvalue weighted by Gasteiger charge is 2.16. The summed E-state index contributed by atoms with van der Waals surface area (Å²) in [5.41, 5.74) is 4.34. The van der Waals surface area contributed by atoms with E-state index in [1.165, 1.54) is 35.6 Å². The van der Waals surface area contributed by atoms with Crippen LogP contribution in [0.1, 0.15) is 22.8 Å². The van der Waals surface area contributed by atoms with Crippen molar-refractivity contribution in [1.29, 1.82) is 0 Å². The predicted octanol–water partition coefficient (Wildman–Crippen LogP) is 5.04. The van der Waals surface area contributed by atoms with E-state index in [-0.39, 0.29) is 5.75 Å². The van der Waals surface area contributed by atoms with Gasteiger partial charge in [-0.2, -0.15) is 5.10 Å². The molecule has 31 heavy (non-hydrogen) atoms. The fourth-order valence-electron chi connectivity index (χ4n) is 2.56. The molecule has 0 fully saturated rings. The first kappa shape index (κ1) is 22.6. The summed E-state index contributed by atoms with van der Waals surface area (Å²) in [6.45, 7) is 1.19. The van der Waals surface area contributed by atoms with Gasteiger partial charge >= 0.3 is 5.97 Å². The fourth-order valence-corrected chi connectivity index (χ4v) is 3.86. The molecule has 1 amide bonds. The summed E-state index contributed by atoms with van der Waals surface area (Å²) in [6, 6.07) is 11.0. The van der Waals surface area contributed by atoms with E-state index in [4.69, 9.17) is 33.0 Å². The number of nitrogens with zero attached hydrogens (tertiary/aromatic N) is 1. The predicted molar refractivity (Wildman–Crippen MR) is 121 cm³/mol. The van der Waals surface area contributed by atoms with E-state index in [1.807, 2.05) is 0 Å². The first-order chi connectivity index (χ1) is 14.8. The topological polar surface area (TPSA) is 108 Å². The molecule has 1 aromatic heterocycles. The van der Waals surface area contributed by atoms with Crippen LogP contribution in [0.5, 0.6) is 11.5 Å². The van der Waals surface area contributed by atoms with Gasteiger partial charge < -0.3 is 14.9 Å². The van der Waals surface area contributed by atoms with Crippen molar-refractivity contribution in [2.75, 3.05) is 6.61 Å². The Kier molecular flexibility index (Phi) is 7.17. The Morgan fingerprint density at radius 1 is 1.13 bits per heavy atom. The number of aliphatic carboxylic acids is 1. The van der Waals surface area contributed by atoms with Gasteiger partial charge in [0.05, 0.1) is 26.2 Å². The van der Waals surface area contributed by atoms with Crippen LogP contribution in [-0.4, -0.2) is 34.4 Å². The maximum Gasteiger partial charge on any atom is 0.341 e. The maximum atomic E-state index is 12.3. The van der Waals surface area contributed by atoms with Crippen molar-refractivity contribution >= 4 is 52.1 Å². The summed E-state index contributed by atoms with van der Waals surface area (Å²) in [7, 11) is 0. The molecule has 3 aromatic rings. The number of hydrazone groups is 1. The minimum Gasteiger partial charge on any atom is -0.506 e. The molecule has 3 rings (SSSR count). The normalized spacial score (nSPS) is 11.3. The van der Waals surface area contributed by atoms with Crippen LogP contribution in [0.15, 0.2) is 52.9 Å². The molecule has 0 aliphatic carbocycles. The van der Waals surface area contributed by atoms with Crippen molar-refractivity contribution in [2.45, 2.75) is 6.92 Å². The molecule has 3 N–H and O–H groups in total. The second-order valence-electron chi connectivity index (χ2n) is 6.30. The lowest BCUT2D eigenvalue weighted by atomic mass is 10.1. The number of hydrogen-bond donors (Lipinski definition) is 3. The molecule has 0 saturated carbocycles. The summed E-state index contributed by atoms with van der Waals surface area (Å²) in [5.74, 6) is -1.20. The third-order valence-electron chi connectivity index (χ3n) is 4.14. The van der Waals surface area contributed by atoms with Gasteiger partial charge in [-0.3, -0.25) is 4.79 Å². The van der Waals surface area contributed by atoms with Crippen molar-refractivity contribution in [2.24, 2.45) is 5.10 Å². The molecule has 0 aliphatic rings. The molecule has 0 spiro atoms. The molecule has 0 atom stereocenters. The van der Waals surface area contributed by atoms with E-state index < -0.39 is 18.5 Å². The van der Waals surface area contributed by atoms with Gasteiger partial charge in [-0.1, -0.05) is 29.3 Å². The Balaban J connectivity index is 1.70. The number of halogens is 2. The average molecular weight is 479 g/mol. The number of carboxylic acids is 1. The molecule has 0 radical (unpaired) electrons. The third kappa shape index (κ3) is 5.55. The lowest BCUT2D eigenvalue weighted by Gasteiger charge is -2.05. The standard InChI is InChI=1S/C21H16Cl2N2O5S/c1-11(15-10-31-20(19(15)28)13-4-7-16(22)17(23)8-13)24-25-21(29)12-2-5-14(6-3-12)30-9-18(26)27/h2-8,10,28H,9H2,1H3,(H,25,29)(H,26,27)/b24-11+. The molecule has 0 saturated heterocycles. The van der Waals surface area contributed by atoms with Crippen LogP contribution >= 0.6 is 34.5 Å². The van der Waals surface area contributed by atoms with Crippen molar-refractivity contribution in [1.82, 2.24) is 5.43 Å². The van der Waals surface area contributed by atoms with Crippen molar-refractivity contribution in [3.05, 3.63) is 69.0 Å². The van der Waals surface area contributed by atoms with Crippen LogP contribution in [0, 0.1) is 0 Å². The Morgan fingerprint density at radius 3 is 2.48 bits per heavy atom. The van der Waals surface area contributed by atoms with Gasteiger partial charge in [0.25, 0.3) is 5.91 Å². The number of thiophene rings is 1. The van der Waals surface area contributed by atoms with Gasteiger partial charge in [0.1, 0.15) is 11.5 Å². The van der Waals surface area contributed by atoms with E-state index in [0.717, 1.165) is 0 Å². The highest BCUT2D eigenvalue weighted by molar-refractivity contribution is 7.14. The van der Waals surface area contributed by atoms with Crippen LogP contribution in [0.25, 0.3) is 10.4 Å². The second kappa shape index (κ2) is 9.82. The van der Waals surface area contributed by atoms with Gasteiger partial charge in [0.15, 0.2) is 6.61 Å². The van der Waals surface area contributed by atoms with E-state index in [2.05, 4.69) is 10.5 Å². The lowest BCUT2D eigenvalue weighted by Crippen LogP contribution is -2.19. The quantitative estimate of drug-likeness (QED) is 0.325. The Labute approximate surface area is 191 Å². The molecular formula is C21H16Cl2N2O5S. The zero-order chi connectivity index (χ0) is 22.5. The van der Waals surface area contributed by atoms with E-state index in [9.17, 15) is 14.7 Å². The number of carbonyl (C=O) groups is 2. The number of amides is 1. The molecular weight excluding hydrogens is 463 g/mol. The summed E-state index contributed by atoms with van der Waals surface area (Å²) in [4.78, 5) is 23.4. The summed E-state index contributed by atoms with van der Waals surface area (Å²) >= 11 is 13.3. The van der Waals surface area contributed by atoms with Gasteiger partial charge in [0.2, 0.25) is 0 Å². The lowest BCUT2D eigenvalue weighted by molar-refractivity contribution is -0.139. The first-order valence-corrected chi connectivity index (χ1v) is 10.5. The van der Waals surface area contributed by atoms with Crippen molar-refractivity contribution < 1.29 is 24.5 Å². The number of rotatable bonds is 7. The second-order valence-corrected chi connectivity index (χ2v) is 7.99. The summed E-state index contributed by atoms with van der Waals surface area (Å²) in [6.07, 6.45) is 0. The van der Waals surface area contributed by atoms with Crippen LogP contribution in [0.3, 0.4) is 0 Å². The summed E-state index contributed by atoms with van der Waals surface area (Å²) < 4.78 is 5.02. The number of aromatic hydroxyl groups is 1. The number of benzene rings is 2. The molecule has 160 valence electrons. The zero-order valence-electron chi connectivity index (χ0n) is 16.1. The smallest absolute Gasteiger partial charge is 0.341 e. The number of carboxylic acid groups (broad SMARTS) is 1. The zero-order valence-corrected chi connectivity index (χ0v) is 18.4. The number of ether oxygens (including phenoxy) is 1. The van der Waals surface area contributed by atoms with Gasteiger partial charge in [0, 0.05) is 10.9 Å². The number of nitrogens with one attached hydrogen (secondary N) is 1. The van der Waals surface area contributed by atoms with Crippen LogP contribution in [0.4, 0.5) is 0 Å². The van der Waals surface area contributed by atoms with E-state index in [0.29, 0.717) is 43.1 Å². The van der Waals surface area contributed by atoms with E-state index >= 15 is 0 Å². The van der Waals surface area contributed by atoms with E-state index in [1.54, 1.807) is 30.5 Å². The van der Waals surface area contributed by atoms with Crippen molar-refractivity contribution in [3.8, 4) is 21.9 Å². The monoisotopic (exact) mass is 478 g/mol. The molecule has 0 aliphatic heterocycles. The minimum absolute atomic E-state index is 0.0267. The Bertz CT molecular complexity index is 1160. The van der Waals surface area contributed by atoms with Crippen LogP contribution in [0.2, 0.25) is 10.0 Å². The van der Waals surface area contributed by atoms with Crippen LogP contribution in [-0.2, 0) is 4.79 Å². The molecule has 7 nitrogen and oxygen atoms in total. The van der Waals surface area contributed by atoms with Crippen molar-refractivity contribution in [3.63, 3.8) is 0 Å². The average Bonchev–Trinajstić information content (AvgIpc) is 3.14. The molecule has 10 heteroatoms. The first-order valence-electron chi connectivity index (χ1n) is 8.81. The SMILES string of the molecule is C/C(=N\NC(=O)c1ccc(OCC(=O)O)cc1)c1csc(-c2ccc(Cl)c(Cl)c2)c1O. The largest absolute Gasteiger partial charge is 0.506 e. The molecule has 2 aromatic carbocycles. The fraction of sp³-hybridized carbons (Fsp3) is 0.0952. The van der Waals surface area contributed by atoms with Gasteiger partial charge in [-0.05, 0) is 48.9 Å². The number of carbonyl (C=O) groups excluding carboxylic acids is 1. The summed E-state index contributed by atoms with van der Waals surface area (Å²) in [5, 5.41) is 25.8. The molecule has 1 heterocycles. The molecule has 0 bridgehead atoms. The maximum absolute atomic E-state index is 12.3.